The van der Waals surface area contributed by atoms with Crippen molar-refractivity contribution in [1.82, 2.24) is 5.32 Å². The van der Waals surface area contributed by atoms with Crippen LogP contribution in [0, 0.1) is 28.5 Å². The van der Waals surface area contributed by atoms with Gasteiger partial charge in [0.15, 0.2) is 0 Å². The zero-order valence-corrected chi connectivity index (χ0v) is 19.3. The van der Waals surface area contributed by atoms with E-state index in [1.165, 1.54) is 17.9 Å². The Hall–Kier alpha value is -4.31. The van der Waals surface area contributed by atoms with E-state index in [2.05, 4.69) is 22.8 Å². The number of carbonyl (C=O) groups excluding carboxylic acids is 2. The number of carbonyl (C=O) groups is 2. The highest BCUT2D eigenvalue weighted by molar-refractivity contribution is 5.90. The van der Waals surface area contributed by atoms with E-state index in [1.807, 2.05) is 4.90 Å². The van der Waals surface area contributed by atoms with E-state index < -0.39 is 23.6 Å². The number of nitrogens with zero attached hydrogens (tertiary/aromatic N) is 4. The smallest absolute Gasteiger partial charge is 0.414 e. The average molecular weight is 477 g/mol. The van der Waals surface area contributed by atoms with Crippen LogP contribution in [0.4, 0.5) is 26.2 Å². The van der Waals surface area contributed by atoms with E-state index >= 15 is 4.39 Å². The molecule has 2 heterocycles. The number of anilines is 3. The SMILES string of the molecule is CC(=O)NCC1CN(c2ccc(N3CCC(C#N)(Nc4ccc(C#N)cc4)CC3)c(F)c2)C(=O)O1. The fraction of sp³-hybridized carbons (Fsp3) is 0.360. The summed E-state index contributed by atoms with van der Waals surface area (Å²) in [6.45, 7) is 2.73. The Labute approximate surface area is 202 Å². The molecule has 0 saturated carbocycles. The van der Waals surface area contributed by atoms with Crippen LogP contribution in [-0.4, -0.2) is 49.8 Å². The second-order valence-corrected chi connectivity index (χ2v) is 8.68. The van der Waals surface area contributed by atoms with Gasteiger partial charge in [-0.15, -0.1) is 0 Å². The van der Waals surface area contributed by atoms with Crippen LogP contribution >= 0.6 is 0 Å². The summed E-state index contributed by atoms with van der Waals surface area (Å²) >= 11 is 0. The Kier molecular flexibility index (Phi) is 6.74. The summed E-state index contributed by atoms with van der Waals surface area (Å²) in [5.41, 5.74) is 1.29. The Bertz CT molecular complexity index is 1200. The quantitative estimate of drug-likeness (QED) is 0.657. The molecular formula is C25H25FN6O3. The van der Waals surface area contributed by atoms with Crippen molar-refractivity contribution < 1.29 is 18.7 Å². The molecular weight excluding hydrogens is 451 g/mol. The third-order valence-electron chi connectivity index (χ3n) is 6.27. The minimum Gasteiger partial charge on any atom is -0.442 e. The van der Waals surface area contributed by atoms with Crippen molar-refractivity contribution in [2.75, 3.05) is 41.3 Å². The maximum atomic E-state index is 15.1. The number of nitriles is 2. The molecule has 0 aromatic heterocycles. The summed E-state index contributed by atoms with van der Waals surface area (Å²) in [6.07, 6.45) is -0.126. The number of benzene rings is 2. The number of hydrogen-bond acceptors (Lipinski definition) is 7. The fourth-order valence-electron chi connectivity index (χ4n) is 4.31. The lowest BCUT2D eigenvalue weighted by Gasteiger charge is -2.39. The van der Waals surface area contributed by atoms with E-state index in [4.69, 9.17) is 10.00 Å². The molecule has 2 fully saturated rings. The third kappa shape index (κ3) is 5.28. The van der Waals surface area contributed by atoms with Crippen molar-refractivity contribution in [1.29, 1.82) is 10.5 Å². The van der Waals surface area contributed by atoms with Gasteiger partial charge < -0.3 is 20.3 Å². The van der Waals surface area contributed by atoms with E-state index in [9.17, 15) is 14.9 Å². The van der Waals surface area contributed by atoms with Crippen LogP contribution in [0.1, 0.15) is 25.3 Å². The first kappa shape index (κ1) is 23.8. The highest BCUT2D eigenvalue weighted by atomic mass is 19.1. The molecule has 2 aliphatic heterocycles. The van der Waals surface area contributed by atoms with Gasteiger partial charge in [-0.25, -0.2) is 9.18 Å². The van der Waals surface area contributed by atoms with Gasteiger partial charge in [0.1, 0.15) is 17.5 Å². The first-order chi connectivity index (χ1) is 16.8. The number of hydrogen-bond donors (Lipinski definition) is 2. The Morgan fingerprint density at radius 1 is 1.20 bits per heavy atom. The molecule has 2 aromatic carbocycles. The molecule has 0 aliphatic carbocycles. The number of rotatable bonds is 6. The van der Waals surface area contributed by atoms with Crippen LogP contribution in [0.5, 0.6) is 0 Å². The van der Waals surface area contributed by atoms with Crippen LogP contribution in [-0.2, 0) is 9.53 Å². The molecule has 2 aromatic rings. The fourth-order valence-corrected chi connectivity index (χ4v) is 4.31. The van der Waals surface area contributed by atoms with Gasteiger partial charge in [0.05, 0.1) is 42.2 Å². The zero-order chi connectivity index (χ0) is 25.0. The average Bonchev–Trinajstić information content (AvgIpc) is 3.24. The molecule has 2 aliphatic rings. The molecule has 0 spiro atoms. The maximum absolute atomic E-state index is 15.1. The van der Waals surface area contributed by atoms with Gasteiger partial charge in [-0.05, 0) is 42.5 Å². The first-order valence-corrected chi connectivity index (χ1v) is 11.3. The lowest BCUT2D eigenvalue weighted by atomic mass is 9.88. The number of piperidine rings is 1. The van der Waals surface area contributed by atoms with Crippen molar-refractivity contribution in [2.24, 2.45) is 0 Å². The standard InChI is InChI=1S/C25H25FN6O3/c1-17(33)29-14-21-15-32(24(34)35-21)20-6-7-23(22(26)12-20)31-10-8-25(16-28,9-11-31)30-19-4-2-18(13-27)3-5-19/h2-7,12,21,30H,8-11,14-15H2,1H3,(H,29,33). The van der Waals surface area contributed by atoms with Crippen molar-refractivity contribution >= 4 is 29.1 Å². The monoisotopic (exact) mass is 476 g/mol. The molecule has 1 unspecified atom stereocenters. The van der Waals surface area contributed by atoms with Gasteiger partial charge in [0.2, 0.25) is 5.91 Å². The number of halogens is 1. The van der Waals surface area contributed by atoms with E-state index in [0.29, 0.717) is 42.9 Å². The number of ether oxygens (including phenoxy) is 1. The number of amides is 2. The maximum Gasteiger partial charge on any atom is 0.414 e. The second kappa shape index (κ2) is 9.90. The van der Waals surface area contributed by atoms with Crippen molar-refractivity contribution in [3.8, 4) is 12.1 Å². The number of cyclic esters (lactones) is 1. The van der Waals surface area contributed by atoms with Crippen LogP contribution < -0.4 is 20.4 Å². The highest BCUT2D eigenvalue weighted by Crippen LogP contribution is 2.33. The summed E-state index contributed by atoms with van der Waals surface area (Å²) < 4.78 is 20.3. The topological polar surface area (TPSA) is 121 Å². The van der Waals surface area contributed by atoms with Crippen molar-refractivity contribution in [3.05, 3.63) is 53.8 Å². The largest absolute Gasteiger partial charge is 0.442 e. The molecule has 2 amide bonds. The highest BCUT2D eigenvalue weighted by Gasteiger charge is 2.36. The first-order valence-electron chi connectivity index (χ1n) is 11.3. The Balaban J connectivity index is 1.40. The van der Waals surface area contributed by atoms with Gasteiger partial charge >= 0.3 is 6.09 Å². The minimum atomic E-state index is -0.788. The van der Waals surface area contributed by atoms with Crippen molar-refractivity contribution in [3.63, 3.8) is 0 Å². The van der Waals surface area contributed by atoms with Gasteiger partial charge in [0, 0.05) is 38.5 Å². The lowest BCUT2D eigenvalue weighted by molar-refractivity contribution is -0.119. The predicted molar refractivity (Wildman–Crippen MR) is 127 cm³/mol. The minimum absolute atomic E-state index is 0.197. The van der Waals surface area contributed by atoms with Crippen LogP contribution in [0.25, 0.3) is 0 Å². The van der Waals surface area contributed by atoms with Gasteiger partial charge in [-0.1, -0.05) is 0 Å². The van der Waals surface area contributed by atoms with Crippen LogP contribution in [0.2, 0.25) is 0 Å². The van der Waals surface area contributed by atoms with E-state index in [0.717, 1.165) is 5.69 Å². The zero-order valence-electron chi connectivity index (χ0n) is 19.3. The third-order valence-corrected chi connectivity index (χ3v) is 6.27. The predicted octanol–water partition coefficient (Wildman–Crippen LogP) is 3.13. The van der Waals surface area contributed by atoms with Gasteiger partial charge in [0.25, 0.3) is 0 Å². The Morgan fingerprint density at radius 3 is 2.51 bits per heavy atom. The Morgan fingerprint density at radius 2 is 1.91 bits per heavy atom. The normalized spacial score (nSPS) is 18.9. The van der Waals surface area contributed by atoms with Crippen LogP contribution in [0.15, 0.2) is 42.5 Å². The molecule has 2 N–H and O–H groups in total. The molecule has 0 radical (unpaired) electrons. The van der Waals surface area contributed by atoms with Gasteiger partial charge in [-0.2, -0.15) is 10.5 Å². The summed E-state index contributed by atoms with van der Waals surface area (Å²) in [6, 6.07) is 16.0. The van der Waals surface area contributed by atoms with Crippen LogP contribution in [0.3, 0.4) is 0 Å². The second-order valence-electron chi connectivity index (χ2n) is 8.68. The molecule has 180 valence electrons. The molecule has 0 bridgehead atoms. The lowest BCUT2D eigenvalue weighted by Crippen LogP contribution is -2.48. The molecule has 2 saturated heterocycles. The molecule has 4 rings (SSSR count). The molecule has 9 nitrogen and oxygen atoms in total. The van der Waals surface area contributed by atoms with Crippen molar-refractivity contribution in [2.45, 2.75) is 31.4 Å². The van der Waals surface area contributed by atoms with E-state index in [-0.39, 0.29) is 19.0 Å². The summed E-state index contributed by atoms with van der Waals surface area (Å²) in [5.74, 6) is -0.686. The molecule has 10 heteroatoms. The summed E-state index contributed by atoms with van der Waals surface area (Å²) in [5, 5.41) is 24.7. The van der Waals surface area contributed by atoms with Gasteiger partial charge in [-0.3, -0.25) is 9.69 Å². The summed E-state index contributed by atoms with van der Waals surface area (Å²) in [7, 11) is 0. The van der Waals surface area contributed by atoms with E-state index in [1.54, 1.807) is 36.4 Å². The number of nitrogens with one attached hydrogen (secondary N) is 2. The molecule has 35 heavy (non-hydrogen) atoms. The molecule has 1 atom stereocenters. The summed E-state index contributed by atoms with van der Waals surface area (Å²) in [4.78, 5) is 26.5.